The second kappa shape index (κ2) is 6.50. The number of benzene rings is 2. The van der Waals surface area contributed by atoms with Crippen molar-refractivity contribution >= 4 is 34.1 Å². The second-order valence-corrected chi connectivity index (χ2v) is 5.54. The molecular weight excluding hydrogens is 302 g/mol. The highest BCUT2D eigenvalue weighted by molar-refractivity contribution is 6.08. The third-order valence-corrected chi connectivity index (χ3v) is 3.59. The molecule has 5 nitrogen and oxygen atoms in total. The largest absolute Gasteiger partial charge is 0.326 e. The Hall–Kier alpha value is -3.21. The Bertz CT molecular complexity index is 918. The van der Waals surface area contributed by atoms with Crippen molar-refractivity contribution < 1.29 is 9.59 Å². The SMILES string of the molecule is CC(=O)Nc1ccc(C(=O)Nc2cccc3nc(C)ccc23)cc1. The van der Waals surface area contributed by atoms with Gasteiger partial charge in [0, 0.05) is 29.3 Å². The molecule has 0 aliphatic heterocycles. The average Bonchev–Trinajstić information content (AvgIpc) is 2.55. The molecule has 1 aromatic heterocycles. The molecular formula is C19H17N3O2. The summed E-state index contributed by atoms with van der Waals surface area (Å²) < 4.78 is 0. The first-order valence-corrected chi connectivity index (χ1v) is 7.58. The lowest BCUT2D eigenvalue weighted by atomic mass is 10.1. The number of hydrogen-bond acceptors (Lipinski definition) is 3. The summed E-state index contributed by atoms with van der Waals surface area (Å²) in [5, 5.41) is 6.48. The standard InChI is InChI=1S/C19H17N3O2/c1-12-6-11-16-17(20-12)4-3-5-18(16)22-19(24)14-7-9-15(10-8-14)21-13(2)23/h3-11H,1-2H3,(H,21,23)(H,22,24). The summed E-state index contributed by atoms with van der Waals surface area (Å²) in [6.45, 7) is 3.37. The van der Waals surface area contributed by atoms with Crippen LogP contribution in [-0.4, -0.2) is 16.8 Å². The van der Waals surface area contributed by atoms with Gasteiger partial charge in [0.15, 0.2) is 0 Å². The van der Waals surface area contributed by atoms with E-state index in [0.717, 1.165) is 22.3 Å². The van der Waals surface area contributed by atoms with Crippen LogP contribution < -0.4 is 10.6 Å². The van der Waals surface area contributed by atoms with Crippen LogP contribution in [0.25, 0.3) is 10.9 Å². The number of amides is 2. The van der Waals surface area contributed by atoms with Gasteiger partial charge in [-0.3, -0.25) is 14.6 Å². The number of nitrogens with one attached hydrogen (secondary N) is 2. The van der Waals surface area contributed by atoms with Crippen LogP contribution in [0.2, 0.25) is 0 Å². The van der Waals surface area contributed by atoms with Crippen LogP contribution in [-0.2, 0) is 4.79 Å². The number of pyridine rings is 1. The van der Waals surface area contributed by atoms with Gasteiger partial charge in [0.1, 0.15) is 0 Å². The Labute approximate surface area is 139 Å². The van der Waals surface area contributed by atoms with E-state index in [4.69, 9.17) is 0 Å². The fourth-order valence-electron chi connectivity index (χ4n) is 2.47. The first-order valence-electron chi connectivity index (χ1n) is 7.58. The summed E-state index contributed by atoms with van der Waals surface area (Å²) in [5.74, 6) is -0.358. The van der Waals surface area contributed by atoms with Crippen molar-refractivity contribution in [3.8, 4) is 0 Å². The molecule has 0 unspecified atom stereocenters. The molecule has 0 bridgehead atoms. The average molecular weight is 319 g/mol. The lowest BCUT2D eigenvalue weighted by molar-refractivity contribution is -0.114. The topological polar surface area (TPSA) is 71.1 Å². The summed E-state index contributed by atoms with van der Waals surface area (Å²) in [5.41, 5.74) is 3.66. The van der Waals surface area contributed by atoms with E-state index in [1.54, 1.807) is 24.3 Å². The zero-order chi connectivity index (χ0) is 17.1. The molecule has 2 aromatic carbocycles. The normalized spacial score (nSPS) is 10.4. The van der Waals surface area contributed by atoms with Gasteiger partial charge in [-0.15, -0.1) is 0 Å². The number of fused-ring (bicyclic) bond motifs is 1. The summed E-state index contributed by atoms with van der Waals surface area (Å²) in [6, 6.07) is 16.2. The van der Waals surface area contributed by atoms with Crippen LogP contribution in [0.15, 0.2) is 54.6 Å². The van der Waals surface area contributed by atoms with E-state index in [-0.39, 0.29) is 11.8 Å². The van der Waals surface area contributed by atoms with E-state index in [9.17, 15) is 9.59 Å². The highest BCUT2D eigenvalue weighted by atomic mass is 16.2. The van der Waals surface area contributed by atoms with E-state index >= 15 is 0 Å². The smallest absolute Gasteiger partial charge is 0.255 e. The fraction of sp³-hybridized carbons (Fsp3) is 0.105. The molecule has 0 atom stereocenters. The molecule has 1 heterocycles. The summed E-state index contributed by atoms with van der Waals surface area (Å²) in [7, 11) is 0. The molecule has 0 aliphatic rings. The number of rotatable bonds is 3. The van der Waals surface area contributed by atoms with E-state index in [0.29, 0.717) is 11.3 Å². The first-order chi connectivity index (χ1) is 11.5. The van der Waals surface area contributed by atoms with Gasteiger partial charge >= 0.3 is 0 Å². The van der Waals surface area contributed by atoms with Gasteiger partial charge in [0.25, 0.3) is 5.91 Å². The van der Waals surface area contributed by atoms with Crippen molar-refractivity contribution in [2.75, 3.05) is 10.6 Å². The van der Waals surface area contributed by atoms with Crippen LogP contribution in [0.1, 0.15) is 23.0 Å². The van der Waals surface area contributed by atoms with Gasteiger partial charge < -0.3 is 10.6 Å². The zero-order valence-electron chi connectivity index (χ0n) is 13.5. The molecule has 3 rings (SSSR count). The number of carbonyl (C=O) groups is 2. The fourth-order valence-corrected chi connectivity index (χ4v) is 2.47. The Kier molecular flexibility index (Phi) is 4.24. The highest BCUT2D eigenvalue weighted by Gasteiger charge is 2.09. The van der Waals surface area contributed by atoms with Crippen molar-refractivity contribution in [2.45, 2.75) is 13.8 Å². The lowest BCUT2D eigenvalue weighted by Gasteiger charge is -2.09. The van der Waals surface area contributed by atoms with Gasteiger partial charge in [-0.1, -0.05) is 6.07 Å². The predicted molar refractivity (Wildman–Crippen MR) is 95.2 cm³/mol. The molecule has 3 aromatic rings. The summed E-state index contributed by atoms with van der Waals surface area (Å²) in [6.07, 6.45) is 0. The molecule has 0 spiro atoms. The molecule has 24 heavy (non-hydrogen) atoms. The van der Waals surface area contributed by atoms with Crippen molar-refractivity contribution in [3.63, 3.8) is 0 Å². The van der Waals surface area contributed by atoms with Crippen molar-refractivity contribution in [1.29, 1.82) is 0 Å². The van der Waals surface area contributed by atoms with Crippen molar-refractivity contribution in [2.24, 2.45) is 0 Å². The molecule has 120 valence electrons. The number of nitrogens with zero attached hydrogens (tertiary/aromatic N) is 1. The molecule has 0 saturated heterocycles. The quantitative estimate of drug-likeness (QED) is 0.772. The second-order valence-electron chi connectivity index (χ2n) is 5.54. The minimum Gasteiger partial charge on any atom is -0.326 e. The van der Waals surface area contributed by atoms with Crippen molar-refractivity contribution in [3.05, 3.63) is 65.9 Å². The Morgan fingerprint density at radius 2 is 1.67 bits per heavy atom. The Balaban J connectivity index is 1.83. The number of carbonyl (C=O) groups excluding carboxylic acids is 2. The summed E-state index contributed by atoms with van der Waals surface area (Å²) in [4.78, 5) is 27.9. The number of aromatic nitrogens is 1. The Morgan fingerprint density at radius 1 is 0.917 bits per heavy atom. The highest BCUT2D eigenvalue weighted by Crippen LogP contribution is 2.23. The summed E-state index contributed by atoms with van der Waals surface area (Å²) >= 11 is 0. The predicted octanol–water partition coefficient (Wildman–Crippen LogP) is 3.75. The van der Waals surface area contributed by atoms with Crippen LogP contribution in [0, 0.1) is 6.92 Å². The van der Waals surface area contributed by atoms with Gasteiger partial charge in [0.05, 0.1) is 11.2 Å². The van der Waals surface area contributed by atoms with Gasteiger partial charge in [0.2, 0.25) is 5.91 Å². The molecule has 2 amide bonds. The number of aryl methyl sites for hydroxylation is 1. The van der Waals surface area contributed by atoms with E-state index in [2.05, 4.69) is 15.6 Å². The molecule has 2 N–H and O–H groups in total. The van der Waals surface area contributed by atoms with E-state index in [1.165, 1.54) is 6.92 Å². The maximum absolute atomic E-state index is 12.4. The first kappa shape index (κ1) is 15.7. The number of anilines is 2. The van der Waals surface area contributed by atoms with Gasteiger partial charge in [-0.25, -0.2) is 0 Å². The van der Waals surface area contributed by atoms with Crippen LogP contribution in [0.5, 0.6) is 0 Å². The minimum atomic E-state index is -0.211. The third-order valence-electron chi connectivity index (χ3n) is 3.59. The zero-order valence-corrected chi connectivity index (χ0v) is 13.5. The maximum Gasteiger partial charge on any atom is 0.255 e. The molecule has 0 saturated carbocycles. The number of hydrogen-bond donors (Lipinski definition) is 2. The monoisotopic (exact) mass is 319 g/mol. The third kappa shape index (κ3) is 3.41. The van der Waals surface area contributed by atoms with Crippen molar-refractivity contribution in [1.82, 2.24) is 4.98 Å². The molecule has 0 radical (unpaired) electrons. The van der Waals surface area contributed by atoms with E-state index in [1.807, 2.05) is 37.3 Å². The lowest BCUT2D eigenvalue weighted by Crippen LogP contribution is -2.12. The van der Waals surface area contributed by atoms with Gasteiger partial charge in [-0.05, 0) is 55.5 Å². The van der Waals surface area contributed by atoms with Crippen LogP contribution >= 0.6 is 0 Å². The molecule has 0 aliphatic carbocycles. The van der Waals surface area contributed by atoms with Crippen LogP contribution in [0.4, 0.5) is 11.4 Å². The molecule has 5 heteroatoms. The Morgan fingerprint density at radius 3 is 2.38 bits per heavy atom. The maximum atomic E-state index is 12.4. The van der Waals surface area contributed by atoms with Crippen LogP contribution in [0.3, 0.4) is 0 Å². The van der Waals surface area contributed by atoms with Gasteiger partial charge in [-0.2, -0.15) is 0 Å². The van der Waals surface area contributed by atoms with E-state index < -0.39 is 0 Å². The molecule has 0 fully saturated rings. The minimum absolute atomic E-state index is 0.147.